The minimum absolute atomic E-state index is 0.00768. The van der Waals surface area contributed by atoms with Gasteiger partial charge in [0.05, 0.1) is 17.2 Å². The SMILES string of the molecule is CCN(CC)C(=O)CSc1nnc(SCC(=O)Nc2ccc(C)cc2F)n1N. The molecule has 152 valence electrons. The van der Waals surface area contributed by atoms with E-state index in [1.165, 1.54) is 28.6 Å². The maximum absolute atomic E-state index is 13.8. The highest BCUT2D eigenvalue weighted by molar-refractivity contribution is 8.00. The molecule has 0 aliphatic rings. The molecular formula is C17H23FN6O2S2. The van der Waals surface area contributed by atoms with Crippen LogP contribution < -0.4 is 11.2 Å². The lowest BCUT2D eigenvalue weighted by atomic mass is 10.2. The highest BCUT2D eigenvalue weighted by Crippen LogP contribution is 2.22. The zero-order valence-corrected chi connectivity index (χ0v) is 17.6. The number of rotatable bonds is 9. The normalized spacial score (nSPS) is 10.7. The van der Waals surface area contributed by atoms with Crippen molar-refractivity contribution in [3.63, 3.8) is 0 Å². The van der Waals surface area contributed by atoms with E-state index in [1.807, 2.05) is 13.8 Å². The Morgan fingerprint density at radius 1 is 1.18 bits per heavy atom. The highest BCUT2D eigenvalue weighted by Gasteiger charge is 2.16. The summed E-state index contributed by atoms with van der Waals surface area (Å²) < 4.78 is 15.0. The van der Waals surface area contributed by atoms with Crippen LogP contribution in [0.25, 0.3) is 0 Å². The van der Waals surface area contributed by atoms with Crippen molar-refractivity contribution < 1.29 is 14.0 Å². The Bertz CT molecular complexity index is 841. The molecule has 0 unspecified atom stereocenters. The molecule has 0 spiro atoms. The number of amides is 2. The molecule has 1 heterocycles. The summed E-state index contributed by atoms with van der Waals surface area (Å²) in [6.07, 6.45) is 0. The predicted molar refractivity (Wildman–Crippen MR) is 109 cm³/mol. The first kappa shape index (κ1) is 22.0. The summed E-state index contributed by atoms with van der Waals surface area (Å²) in [6, 6.07) is 4.58. The number of aryl methyl sites for hydroxylation is 1. The third kappa shape index (κ3) is 5.86. The van der Waals surface area contributed by atoms with Crippen LogP contribution in [0.3, 0.4) is 0 Å². The Morgan fingerprint density at radius 2 is 1.79 bits per heavy atom. The van der Waals surface area contributed by atoms with Crippen molar-refractivity contribution in [3.05, 3.63) is 29.6 Å². The highest BCUT2D eigenvalue weighted by atomic mass is 32.2. The Hall–Kier alpha value is -2.27. The van der Waals surface area contributed by atoms with Crippen LogP contribution in [-0.4, -0.2) is 56.2 Å². The van der Waals surface area contributed by atoms with Crippen LogP contribution in [-0.2, 0) is 9.59 Å². The molecule has 1 aromatic carbocycles. The Morgan fingerprint density at radius 3 is 2.36 bits per heavy atom. The molecule has 0 saturated carbocycles. The third-order valence-corrected chi connectivity index (χ3v) is 5.68. The Labute approximate surface area is 171 Å². The van der Waals surface area contributed by atoms with Gasteiger partial charge in [-0.1, -0.05) is 29.6 Å². The number of hydrogen-bond acceptors (Lipinski definition) is 7. The first-order valence-corrected chi connectivity index (χ1v) is 10.6. The smallest absolute Gasteiger partial charge is 0.234 e. The van der Waals surface area contributed by atoms with Crippen molar-refractivity contribution in [2.45, 2.75) is 31.1 Å². The van der Waals surface area contributed by atoms with E-state index in [0.29, 0.717) is 23.4 Å². The molecule has 0 atom stereocenters. The molecule has 0 saturated heterocycles. The molecule has 11 heteroatoms. The summed E-state index contributed by atoms with van der Waals surface area (Å²) in [6.45, 7) is 6.88. The van der Waals surface area contributed by atoms with Crippen LogP contribution in [0.5, 0.6) is 0 Å². The predicted octanol–water partition coefficient (Wildman–Crippen LogP) is 2.13. The molecule has 8 nitrogen and oxygen atoms in total. The van der Waals surface area contributed by atoms with Crippen molar-refractivity contribution in [3.8, 4) is 0 Å². The summed E-state index contributed by atoms with van der Waals surface area (Å²) in [7, 11) is 0. The van der Waals surface area contributed by atoms with Crippen molar-refractivity contribution in [2.24, 2.45) is 0 Å². The number of halogens is 1. The van der Waals surface area contributed by atoms with Crippen LogP contribution >= 0.6 is 23.5 Å². The minimum Gasteiger partial charge on any atom is -0.343 e. The van der Waals surface area contributed by atoms with Crippen LogP contribution in [0.4, 0.5) is 10.1 Å². The molecule has 2 aromatic rings. The van der Waals surface area contributed by atoms with E-state index in [-0.39, 0.29) is 29.0 Å². The van der Waals surface area contributed by atoms with Crippen LogP contribution in [0, 0.1) is 12.7 Å². The second-order valence-corrected chi connectivity index (χ2v) is 7.70. The number of nitrogens with one attached hydrogen (secondary N) is 1. The van der Waals surface area contributed by atoms with Gasteiger partial charge in [-0.25, -0.2) is 9.07 Å². The zero-order chi connectivity index (χ0) is 20.7. The lowest BCUT2D eigenvalue weighted by Gasteiger charge is -2.17. The first-order valence-electron chi connectivity index (χ1n) is 8.65. The van der Waals surface area contributed by atoms with Gasteiger partial charge >= 0.3 is 0 Å². The second kappa shape index (κ2) is 10.3. The molecule has 28 heavy (non-hydrogen) atoms. The summed E-state index contributed by atoms with van der Waals surface area (Å²) in [4.78, 5) is 25.8. The molecule has 0 fully saturated rings. The fourth-order valence-electron chi connectivity index (χ4n) is 2.29. The molecule has 0 aliphatic carbocycles. The lowest BCUT2D eigenvalue weighted by Crippen LogP contribution is -2.32. The van der Waals surface area contributed by atoms with Gasteiger partial charge in [0.25, 0.3) is 0 Å². The topological polar surface area (TPSA) is 106 Å². The molecule has 0 bridgehead atoms. The minimum atomic E-state index is -0.489. The van der Waals surface area contributed by atoms with Crippen LogP contribution in [0.2, 0.25) is 0 Å². The van der Waals surface area contributed by atoms with E-state index in [4.69, 9.17) is 5.84 Å². The Kier molecular flexibility index (Phi) is 8.12. The number of nitrogen functional groups attached to an aromatic ring is 1. The van der Waals surface area contributed by atoms with E-state index >= 15 is 0 Å². The molecule has 1 aromatic heterocycles. The first-order chi connectivity index (χ1) is 13.3. The van der Waals surface area contributed by atoms with Crippen LogP contribution in [0.1, 0.15) is 19.4 Å². The van der Waals surface area contributed by atoms with Gasteiger partial charge in [-0.05, 0) is 38.5 Å². The van der Waals surface area contributed by atoms with Gasteiger partial charge in [-0.2, -0.15) is 0 Å². The molecule has 0 radical (unpaired) electrons. The van der Waals surface area contributed by atoms with Gasteiger partial charge in [0.2, 0.25) is 22.1 Å². The van der Waals surface area contributed by atoms with E-state index in [1.54, 1.807) is 17.9 Å². The number of nitrogens with two attached hydrogens (primary N) is 1. The lowest BCUT2D eigenvalue weighted by molar-refractivity contribution is -0.128. The summed E-state index contributed by atoms with van der Waals surface area (Å²) >= 11 is 2.26. The van der Waals surface area contributed by atoms with Gasteiger partial charge < -0.3 is 16.1 Å². The Balaban J connectivity index is 1.88. The second-order valence-electron chi connectivity index (χ2n) is 5.81. The van der Waals surface area contributed by atoms with Gasteiger partial charge in [0.15, 0.2) is 0 Å². The van der Waals surface area contributed by atoms with Gasteiger partial charge in [0.1, 0.15) is 5.82 Å². The summed E-state index contributed by atoms with van der Waals surface area (Å²) in [5.41, 5.74) is 0.891. The van der Waals surface area contributed by atoms with Gasteiger partial charge in [0, 0.05) is 13.1 Å². The maximum atomic E-state index is 13.8. The third-order valence-electron chi connectivity index (χ3n) is 3.81. The van der Waals surface area contributed by atoms with Crippen molar-refractivity contribution >= 4 is 41.0 Å². The largest absolute Gasteiger partial charge is 0.343 e. The quantitative estimate of drug-likeness (QED) is 0.467. The number of nitrogens with zero attached hydrogens (tertiary/aromatic N) is 4. The van der Waals surface area contributed by atoms with Crippen molar-refractivity contribution in [2.75, 3.05) is 35.8 Å². The zero-order valence-electron chi connectivity index (χ0n) is 15.9. The van der Waals surface area contributed by atoms with Crippen molar-refractivity contribution in [1.29, 1.82) is 0 Å². The number of hydrogen-bond donors (Lipinski definition) is 2. The van der Waals surface area contributed by atoms with Crippen molar-refractivity contribution in [1.82, 2.24) is 19.8 Å². The monoisotopic (exact) mass is 426 g/mol. The van der Waals surface area contributed by atoms with E-state index in [0.717, 1.165) is 17.3 Å². The maximum Gasteiger partial charge on any atom is 0.234 e. The van der Waals surface area contributed by atoms with Gasteiger partial charge in [-0.3, -0.25) is 9.59 Å². The number of aromatic nitrogens is 3. The fraction of sp³-hybridized carbons (Fsp3) is 0.412. The summed E-state index contributed by atoms with van der Waals surface area (Å²) in [5.74, 6) is 5.25. The molecule has 2 rings (SSSR count). The van der Waals surface area contributed by atoms with E-state index in [2.05, 4.69) is 15.5 Å². The van der Waals surface area contributed by atoms with E-state index < -0.39 is 5.82 Å². The fourth-order valence-corrected chi connectivity index (χ4v) is 3.77. The summed E-state index contributed by atoms with van der Waals surface area (Å²) in [5, 5.41) is 11.1. The molecule has 3 N–H and O–H groups in total. The number of carbonyl (C=O) groups is 2. The standard InChI is InChI=1S/C17H23FN6O2S2/c1-4-23(5-2)15(26)10-28-17-22-21-16(24(17)19)27-9-14(25)20-13-7-6-11(3)8-12(13)18/h6-8H,4-5,9-10,19H2,1-3H3,(H,20,25). The molecular weight excluding hydrogens is 403 g/mol. The van der Waals surface area contributed by atoms with Crippen LogP contribution in [0.15, 0.2) is 28.5 Å². The average molecular weight is 427 g/mol. The van der Waals surface area contributed by atoms with E-state index in [9.17, 15) is 14.0 Å². The number of carbonyl (C=O) groups excluding carboxylic acids is 2. The van der Waals surface area contributed by atoms with Gasteiger partial charge in [-0.15, -0.1) is 10.2 Å². The number of anilines is 1. The average Bonchev–Trinajstić information content (AvgIpc) is 3.01. The number of benzene rings is 1. The number of thioether (sulfide) groups is 2. The molecule has 0 aliphatic heterocycles. The molecule has 2 amide bonds.